The third kappa shape index (κ3) is 12.4. The van der Waals surface area contributed by atoms with E-state index in [1.165, 1.54) is 64.2 Å². The lowest BCUT2D eigenvalue weighted by molar-refractivity contribution is -0.143. The van der Waals surface area contributed by atoms with Gasteiger partial charge in [-0.3, -0.25) is 14.8 Å². The Hall–Kier alpha value is -1.77. The van der Waals surface area contributed by atoms with E-state index in [1.807, 2.05) is 9.97 Å². The maximum Gasteiger partial charge on any atom is 0.333 e. The summed E-state index contributed by atoms with van der Waals surface area (Å²) in [4.78, 5) is 49.5. The number of thioether (sulfide) groups is 1. The van der Waals surface area contributed by atoms with Gasteiger partial charge in [-0.2, -0.15) is 11.8 Å². The fourth-order valence-electron chi connectivity index (χ4n) is 2.93. The second-order valence-corrected chi connectivity index (χ2v) is 8.33. The molecule has 0 unspecified atom stereocenters. The molecule has 166 valence electrons. The fraction of sp³-hybridized carbons (Fsp3) is 0.800. The van der Waals surface area contributed by atoms with Crippen molar-refractivity contribution in [2.45, 2.75) is 84.1 Å². The van der Waals surface area contributed by atoms with Crippen LogP contribution >= 0.6 is 11.8 Å². The zero-order chi connectivity index (χ0) is 21.3. The zero-order valence-corrected chi connectivity index (χ0v) is 18.3. The Morgan fingerprint density at radius 3 is 2.00 bits per heavy atom. The number of esters is 1. The van der Waals surface area contributed by atoms with Crippen molar-refractivity contribution in [3.8, 4) is 0 Å². The number of nitrogens with zero attached hydrogens (tertiary/aromatic N) is 1. The number of carbonyl (C=O) groups excluding carboxylic acids is 1. The molecular weight excluding hydrogens is 394 g/mol. The number of unbranched alkanes of at least 4 members (excludes halogenated alkanes) is 9. The molecule has 1 heterocycles. The molecule has 0 aliphatic rings. The second kappa shape index (κ2) is 16.1. The summed E-state index contributed by atoms with van der Waals surface area (Å²) in [6, 6.07) is 0. The van der Waals surface area contributed by atoms with Crippen LogP contribution in [-0.2, 0) is 16.1 Å². The third-order valence-electron chi connectivity index (χ3n) is 4.60. The van der Waals surface area contributed by atoms with E-state index >= 15 is 0 Å². The molecular formula is C20H35N3O5S. The predicted octanol–water partition coefficient (Wildman–Crippen LogP) is 2.81. The van der Waals surface area contributed by atoms with Crippen molar-refractivity contribution in [3.63, 3.8) is 0 Å². The quantitative estimate of drug-likeness (QED) is 0.291. The van der Waals surface area contributed by atoms with Crippen molar-refractivity contribution in [1.82, 2.24) is 14.5 Å². The maximum absolute atomic E-state index is 11.7. The molecule has 0 saturated carbocycles. The fourth-order valence-corrected chi connectivity index (χ4v) is 3.85. The molecule has 0 amide bonds. The topological polar surface area (TPSA) is 114 Å². The van der Waals surface area contributed by atoms with E-state index in [2.05, 4.69) is 6.92 Å². The van der Waals surface area contributed by atoms with Crippen molar-refractivity contribution < 1.29 is 9.53 Å². The van der Waals surface area contributed by atoms with Gasteiger partial charge in [-0.1, -0.05) is 64.7 Å². The SMILES string of the molecule is CCCCCCCCCCCCSCCC(=O)OCCn1c(=O)[nH]c(=O)[nH]c1=O. The van der Waals surface area contributed by atoms with Crippen molar-refractivity contribution in [3.05, 3.63) is 31.5 Å². The Kier molecular flexibility index (Phi) is 14.0. The van der Waals surface area contributed by atoms with Crippen molar-refractivity contribution in [2.24, 2.45) is 0 Å². The van der Waals surface area contributed by atoms with Gasteiger partial charge in [-0.05, 0) is 12.2 Å². The number of nitrogens with one attached hydrogen (secondary N) is 2. The van der Waals surface area contributed by atoms with E-state index in [0.717, 1.165) is 10.3 Å². The number of H-pyrrole nitrogens is 2. The van der Waals surface area contributed by atoms with Gasteiger partial charge in [-0.15, -0.1) is 0 Å². The number of hydrogen-bond donors (Lipinski definition) is 2. The number of aromatic nitrogens is 3. The molecule has 0 radical (unpaired) electrons. The second-order valence-electron chi connectivity index (χ2n) is 7.11. The normalized spacial score (nSPS) is 10.9. The Morgan fingerprint density at radius 1 is 0.862 bits per heavy atom. The maximum atomic E-state index is 11.7. The number of aromatic amines is 2. The molecule has 0 bridgehead atoms. The largest absolute Gasteiger partial charge is 0.464 e. The summed E-state index contributed by atoms with van der Waals surface area (Å²) >= 11 is 1.74. The highest BCUT2D eigenvalue weighted by Crippen LogP contribution is 2.13. The Balaban J connectivity index is 1.95. The summed E-state index contributed by atoms with van der Waals surface area (Å²) in [6.07, 6.45) is 13.5. The summed E-state index contributed by atoms with van der Waals surface area (Å²) < 4.78 is 5.82. The first-order chi connectivity index (χ1) is 14.0. The van der Waals surface area contributed by atoms with E-state index in [0.29, 0.717) is 12.2 Å². The highest BCUT2D eigenvalue weighted by Gasteiger charge is 2.06. The zero-order valence-electron chi connectivity index (χ0n) is 17.5. The molecule has 1 aromatic rings. The molecule has 0 saturated heterocycles. The average molecular weight is 430 g/mol. The monoisotopic (exact) mass is 429 g/mol. The van der Waals surface area contributed by atoms with E-state index < -0.39 is 17.1 Å². The van der Waals surface area contributed by atoms with Gasteiger partial charge < -0.3 is 4.74 Å². The highest BCUT2D eigenvalue weighted by molar-refractivity contribution is 7.99. The van der Waals surface area contributed by atoms with Crippen LogP contribution in [0.5, 0.6) is 0 Å². The molecule has 9 heteroatoms. The molecule has 0 aliphatic carbocycles. The van der Waals surface area contributed by atoms with Crippen LogP contribution in [0.25, 0.3) is 0 Å². The lowest BCUT2D eigenvalue weighted by atomic mass is 10.1. The smallest absolute Gasteiger partial charge is 0.333 e. The van der Waals surface area contributed by atoms with Crippen molar-refractivity contribution in [1.29, 1.82) is 0 Å². The van der Waals surface area contributed by atoms with Gasteiger partial charge in [0.05, 0.1) is 13.0 Å². The average Bonchev–Trinajstić information content (AvgIpc) is 2.67. The molecule has 2 N–H and O–H groups in total. The molecule has 1 rings (SSSR count). The van der Waals surface area contributed by atoms with Gasteiger partial charge in [0.1, 0.15) is 6.61 Å². The van der Waals surface area contributed by atoms with E-state index in [4.69, 9.17) is 4.74 Å². The predicted molar refractivity (Wildman–Crippen MR) is 117 cm³/mol. The van der Waals surface area contributed by atoms with Crippen LogP contribution in [0.3, 0.4) is 0 Å². The van der Waals surface area contributed by atoms with Crippen LogP contribution in [0.1, 0.15) is 77.6 Å². The van der Waals surface area contributed by atoms with Gasteiger partial charge in [0.15, 0.2) is 0 Å². The number of carbonyl (C=O) groups is 1. The Labute approximate surface area is 175 Å². The van der Waals surface area contributed by atoms with E-state index in [9.17, 15) is 19.2 Å². The first-order valence-corrected chi connectivity index (χ1v) is 11.9. The van der Waals surface area contributed by atoms with Crippen LogP contribution in [0.4, 0.5) is 0 Å². The van der Waals surface area contributed by atoms with Gasteiger partial charge in [-0.25, -0.2) is 19.0 Å². The molecule has 0 aromatic carbocycles. The molecule has 0 aliphatic heterocycles. The third-order valence-corrected chi connectivity index (χ3v) is 5.67. The standard InChI is InChI=1S/C20H35N3O5S/c1-2-3-4-5-6-7-8-9-10-11-15-29-16-12-17(24)28-14-13-23-19(26)21-18(25)22-20(23)27/h2-16H2,1H3,(H2,21,22,25,26,27). The highest BCUT2D eigenvalue weighted by atomic mass is 32.2. The van der Waals surface area contributed by atoms with Crippen LogP contribution in [0.2, 0.25) is 0 Å². The molecule has 0 atom stereocenters. The van der Waals surface area contributed by atoms with Crippen LogP contribution in [0.15, 0.2) is 14.4 Å². The van der Waals surface area contributed by atoms with Crippen molar-refractivity contribution >= 4 is 17.7 Å². The van der Waals surface area contributed by atoms with Gasteiger partial charge in [0.25, 0.3) is 0 Å². The van der Waals surface area contributed by atoms with Gasteiger partial charge >= 0.3 is 23.0 Å². The molecule has 8 nitrogen and oxygen atoms in total. The minimum atomic E-state index is -0.854. The van der Waals surface area contributed by atoms with E-state index in [1.54, 1.807) is 11.8 Å². The first-order valence-electron chi connectivity index (χ1n) is 10.7. The lowest BCUT2D eigenvalue weighted by Crippen LogP contribution is -2.44. The van der Waals surface area contributed by atoms with E-state index in [-0.39, 0.29) is 19.1 Å². The molecule has 1 aromatic heterocycles. The lowest BCUT2D eigenvalue weighted by Gasteiger charge is -2.06. The summed E-state index contributed by atoms with van der Waals surface area (Å²) in [6.45, 7) is 2.06. The van der Waals surface area contributed by atoms with Crippen LogP contribution < -0.4 is 17.1 Å². The summed E-state index contributed by atoms with van der Waals surface area (Å²) in [5.41, 5.74) is -2.49. The minimum absolute atomic E-state index is 0.0863. The number of hydrogen-bond acceptors (Lipinski definition) is 6. The minimum Gasteiger partial charge on any atom is -0.464 e. The summed E-state index contributed by atoms with van der Waals surface area (Å²) in [5, 5.41) is 0. The van der Waals surface area contributed by atoms with Gasteiger partial charge in [0, 0.05) is 5.75 Å². The Bertz CT molecular complexity index is 706. The van der Waals surface area contributed by atoms with Crippen molar-refractivity contribution in [2.75, 3.05) is 18.1 Å². The number of rotatable bonds is 17. The van der Waals surface area contributed by atoms with Crippen LogP contribution in [-0.4, -0.2) is 38.6 Å². The summed E-state index contributed by atoms with van der Waals surface area (Å²) in [7, 11) is 0. The molecule has 29 heavy (non-hydrogen) atoms. The molecule has 0 spiro atoms. The van der Waals surface area contributed by atoms with Gasteiger partial charge in [0.2, 0.25) is 0 Å². The first kappa shape index (κ1) is 25.3. The number of ether oxygens (including phenoxy) is 1. The molecule has 0 fully saturated rings. The van der Waals surface area contributed by atoms with Crippen LogP contribution in [0, 0.1) is 0 Å². The Morgan fingerprint density at radius 2 is 1.41 bits per heavy atom. The summed E-state index contributed by atoms with van der Waals surface area (Å²) in [5.74, 6) is 1.40.